The first-order valence-corrected chi connectivity index (χ1v) is 6.02. The van der Waals surface area contributed by atoms with E-state index in [1.165, 1.54) is 17.8 Å². The lowest BCUT2D eigenvalue weighted by atomic mass is 10.3. The lowest BCUT2D eigenvalue weighted by Gasteiger charge is -2.08. The fourth-order valence-corrected chi connectivity index (χ4v) is 2.68. The molecule has 1 aromatic rings. The zero-order valence-corrected chi connectivity index (χ0v) is 9.92. The number of hydrogen-bond acceptors (Lipinski definition) is 3. The zero-order valence-electron chi connectivity index (χ0n) is 8.35. The summed E-state index contributed by atoms with van der Waals surface area (Å²) in [6, 6.07) is 6.78. The first kappa shape index (κ1) is 12.3. The quantitative estimate of drug-likeness (QED) is 0.344. The Morgan fingerprint density at radius 2 is 2.20 bits per heavy atom. The average molecular weight is 246 g/mol. The number of benzene rings is 1. The van der Waals surface area contributed by atoms with Crippen LogP contribution in [-0.4, -0.2) is 16.1 Å². The molecule has 1 rings (SSSR count). The topological polar surface area (TPSA) is 43.1 Å². The fraction of sp³-hybridized carbons (Fsp3) is 0.400. The molecule has 3 nitrogen and oxygen atoms in total. The van der Waals surface area contributed by atoms with Crippen LogP contribution in [0.2, 0.25) is 0 Å². The monoisotopic (exact) mass is 245 g/mol. The minimum Gasteiger partial charge on any atom is -0.258 e. The van der Waals surface area contributed by atoms with Gasteiger partial charge in [0.05, 0.1) is 9.82 Å². The molecule has 0 aromatic heterocycles. The van der Waals surface area contributed by atoms with Crippen LogP contribution in [0, 0.1) is 10.1 Å². The predicted molar refractivity (Wildman–Crippen MR) is 63.8 cm³/mol. The number of para-hydroxylation sites is 1. The summed E-state index contributed by atoms with van der Waals surface area (Å²) in [4.78, 5) is 11.1. The largest absolute Gasteiger partial charge is 0.282 e. The van der Waals surface area contributed by atoms with Crippen molar-refractivity contribution in [2.24, 2.45) is 0 Å². The summed E-state index contributed by atoms with van der Waals surface area (Å²) in [7, 11) is 0. The molecule has 0 heterocycles. The van der Waals surface area contributed by atoms with E-state index in [2.05, 4.69) is 0 Å². The van der Waals surface area contributed by atoms with Gasteiger partial charge in [0.15, 0.2) is 0 Å². The van der Waals surface area contributed by atoms with Crippen LogP contribution in [0.15, 0.2) is 29.2 Å². The van der Waals surface area contributed by atoms with E-state index in [0.29, 0.717) is 16.0 Å². The summed E-state index contributed by atoms with van der Waals surface area (Å²) in [5.74, 6) is 0.578. The molecule has 0 fully saturated rings. The Bertz CT molecular complexity index is 346. The third-order valence-electron chi connectivity index (χ3n) is 1.91. The number of nitro benzene ring substituents is 1. The Kier molecular flexibility index (Phi) is 4.91. The Balaban J connectivity index is 2.79. The van der Waals surface area contributed by atoms with Gasteiger partial charge in [-0.25, -0.2) is 0 Å². The van der Waals surface area contributed by atoms with E-state index in [9.17, 15) is 10.1 Å². The van der Waals surface area contributed by atoms with Crippen molar-refractivity contribution in [1.29, 1.82) is 0 Å². The standard InChI is InChI=1S/C10H12ClNO2S/c1-8(6-7-11)15-10-5-3-2-4-9(10)12(13)14/h2-5,8H,6-7H2,1H3. The Morgan fingerprint density at radius 1 is 1.53 bits per heavy atom. The van der Waals surface area contributed by atoms with Gasteiger partial charge in [-0.15, -0.1) is 23.4 Å². The molecule has 0 bridgehead atoms. The first-order valence-electron chi connectivity index (χ1n) is 4.61. The second-order valence-corrected chi connectivity index (χ2v) is 4.99. The van der Waals surface area contributed by atoms with E-state index in [4.69, 9.17) is 11.6 Å². The van der Waals surface area contributed by atoms with Crippen molar-refractivity contribution >= 4 is 29.1 Å². The van der Waals surface area contributed by atoms with Crippen molar-refractivity contribution in [2.45, 2.75) is 23.5 Å². The third-order valence-corrected chi connectivity index (χ3v) is 3.36. The lowest BCUT2D eigenvalue weighted by Crippen LogP contribution is -1.98. The number of rotatable bonds is 5. The highest BCUT2D eigenvalue weighted by Gasteiger charge is 2.15. The Morgan fingerprint density at radius 3 is 2.80 bits per heavy atom. The van der Waals surface area contributed by atoms with E-state index >= 15 is 0 Å². The summed E-state index contributed by atoms with van der Waals surface area (Å²) in [5.41, 5.74) is 0.170. The summed E-state index contributed by atoms with van der Waals surface area (Å²) >= 11 is 7.11. The first-order chi connectivity index (χ1) is 7.15. The fourth-order valence-electron chi connectivity index (χ4n) is 1.14. The number of halogens is 1. The molecule has 1 aromatic carbocycles. The summed E-state index contributed by atoms with van der Waals surface area (Å²) in [5, 5.41) is 11.0. The smallest absolute Gasteiger partial charge is 0.258 e. The number of nitrogens with zero attached hydrogens (tertiary/aromatic N) is 1. The van der Waals surface area contributed by atoms with Gasteiger partial charge in [-0.1, -0.05) is 19.1 Å². The molecule has 0 saturated carbocycles. The molecule has 0 spiro atoms. The van der Waals surface area contributed by atoms with Crippen molar-refractivity contribution in [3.05, 3.63) is 34.4 Å². The van der Waals surface area contributed by atoms with E-state index in [-0.39, 0.29) is 10.6 Å². The SMILES string of the molecule is CC(CCCl)Sc1ccccc1[N+](=O)[O-]. The molecule has 1 atom stereocenters. The van der Waals surface area contributed by atoms with Gasteiger partial charge in [-0.3, -0.25) is 10.1 Å². The van der Waals surface area contributed by atoms with Crippen LogP contribution < -0.4 is 0 Å². The average Bonchev–Trinajstić information content (AvgIpc) is 2.18. The molecular weight excluding hydrogens is 234 g/mol. The van der Waals surface area contributed by atoms with Crippen LogP contribution in [0.1, 0.15) is 13.3 Å². The molecular formula is C10H12ClNO2S. The van der Waals surface area contributed by atoms with Crippen molar-refractivity contribution in [2.75, 3.05) is 5.88 Å². The van der Waals surface area contributed by atoms with Gasteiger partial charge >= 0.3 is 0 Å². The highest BCUT2D eigenvalue weighted by Crippen LogP contribution is 2.32. The van der Waals surface area contributed by atoms with E-state index in [0.717, 1.165) is 6.42 Å². The molecule has 82 valence electrons. The maximum absolute atomic E-state index is 10.7. The van der Waals surface area contributed by atoms with Crippen LogP contribution in [0.4, 0.5) is 5.69 Å². The van der Waals surface area contributed by atoms with Gasteiger partial charge in [0, 0.05) is 17.2 Å². The van der Waals surface area contributed by atoms with Crippen LogP contribution in [0.25, 0.3) is 0 Å². The maximum Gasteiger partial charge on any atom is 0.282 e. The number of hydrogen-bond donors (Lipinski definition) is 0. The number of thioether (sulfide) groups is 1. The molecule has 1 unspecified atom stereocenters. The molecule has 0 aliphatic rings. The molecule has 0 saturated heterocycles. The highest BCUT2D eigenvalue weighted by atomic mass is 35.5. The second kappa shape index (κ2) is 5.98. The van der Waals surface area contributed by atoms with Crippen LogP contribution in [-0.2, 0) is 0 Å². The van der Waals surface area contributed by atoms with Gasteiger partial charge in [-0.05, 0) is 12.5 Å². The van der Waals surface area contributed by atoms with Crippen molar-refractivity contribution in [1.82, 2.24) is 0 Å². The summed E-state index contributed by atoms with van der Waals surface area (Å²) in [6.45, 7) is 2.02. The Hall–Kier alpha value is -0.740. The normalized spacial score (nSPS) is 12.4. The minimum atomic E-state index is -0.351. The molecule has 0 radical (unpaired) electrons. The molecule has 0 aliphatic heterocycles. The second-order valence-electron chi connectivity index (χ2n) is 3.13. The van der Waals surface area contributed by atoms with Crippen LogP contribution in [0.3, 0.4) is 0 Å². The van der Waals surface area contributed by atoms with Crippen molar-refractivity contribution in [3.8, 4) is 0 Å². The van der Waals surface area contributed by atoms with Gasteiger partial charge in [0.25, 0.3) is 5.69 Å². The van der Waals surface area contributed by atoms with Gasteiger partial charge in [0.2, 0.25) is 0 Å². The molecule has 5 heteroatoms. The lowest BCUT2D eigenvalue weighted by molar-refractivity contribution is -0.387. The summed E-state index contributed by atoms with van der Waals surface area (Å²) in [6.07, 6.45) is 0.846. The predicted octanol–water partition coefficient (Wildman–Crippen LogP) is 3.70. The maximum atomic E-state index is 10.7. The van der Waals surface area contributed by atoms with Gasteiger partial charge in [0.1, 0.15) is 0 Å². The van der Waals surface area contributed by atoms with E-state index < -0.39 is 0 Å². The van der Waals surface area contributed by atoms with Crippen LogP contribution >= 0.6 is 23.4 Å². The summed E-state index contributed by atoms with van der Waals surface area (Å²) < 4.78 is 0. The van der Waals surface area contributed by atoms with Crippen LogP contribution in [0.5, 0.6) is 0 Å². The van der Waals surface area contributed by atoms with E-state index in [1.807, 2.05) is 13.0 Å². The van der Waals surface area contributed by atoms with Gasteiger partial charge < -0.3 is 0 Å². The molecule has 15 heavy (non-hydrogen) atoms. The number of nitro groups is 1. The number of alkyl halides is 1. The molecule has 0 amide bonds. The van der Waals surface area contributed by atoms with Gasteiger partial charge in [-0.2, -0.15) is 0 Å². The highest BCUT2D eigenvalue weighted by molar-refractivity contribution is 8.00. The van der Waals surface area contributed by atoms with Crippen molar-refractivity contribution in [3.63, 3.8) is 0 Å². The third kappa shape index (κ3) is 3.72. The molecule has 0 N–H and O–H groups in total. The zero-order chi connectivity index (χ0) is 11.3. The Labute approximate surface area is 98.0 Å². The minimum absolute atomic E-state index is 0.170. The molecule has 0 aliphatic carbocycles. The van der Waals surface area contributed by atoms with E-state index in [1.54, 1.807) is 12.1 Å². The van der Waals surface area contributed by atoms with Crippen molar-refractivity contribution < 1.29 is 4.92 Å².